The molecule has 0 spiro atoms. The van der Waals surface area contributed by atoms with Gasteiger partial charge in [-0.25, -0.2) is 0 Å². The van der Waals surface area contributed by atoms with Gasteiger partial charge in [-0.15, -0.1) is 24.0 Å². The number of aliphatic imine (C=N–C) groups is 1. The van der Waals surface area contributed by atoms with E-state index >= 15 is 0 Å². The number of hydrogen-bond donors (Lipinski definition) is 2. The summed E-state index contributed by atoms with van der Waals surface area (Å²) in [5.41, 5.74) is 0. The van der Waals surface area contributed by atoms with Crippen LogP contribution in [0.25, 0.3) is 0 Å². The standard InChI is InChI=1S/C20H37N5O.HI/c1-21-20(22-11-15-24-12-6-2-3-7-13-24)23-18-10-14-25(16-18)19(26)17-8-4-5-9-17;/h17-18H,2-16H2,1H3,(H2,21,22,23);1H. The molecule has 0 aromatic carbocycles. The lowest BCUT2D eigenvalue weighted by Crippen LogP contribution is -2.47. The largest absolute Gasteiger partial charge is 0.355 e. The topological polar surface area (TPSA) is 60.0 Å². The fourth-order valence-electron chi connectivity index (χ4n) is 4.59. The van der Waals surface area contributed by atoms with Crippen molar-refractivity contribution in [2.24, 2.45) is 10.9 Å². The normalized spacial score (nSPS) is 25.1. The Morgan fingerprint density at radius 3 is 2.37 bits per heavy atom. The second-order valence-electron chi connectivity index (χ2n) is 8.15. The van der Waals surface area contributed by atoms with Crippen molar-refractivity contribution in [3.05, 3.63) is 0 Å². The van der Waals surface area contributed by atoms with Crippen LogP contribution in [0.15, 0.2) is 4.99 Å². The van der Waals surface area contributed by atoms with E-state index in [0.717, 1.165) is 51.4 Å². The Bertz CT molecular complexity index is 473. The van der Waals surface area contributed by atoms with E-state index in [1.807, 2.05) is 7.05 Å². The summed E-state index contributed by atoms with van der Waals surface area (Å²) in [5, 5.41) is 6.97. The van der Waals surface area contributed by atoms with Crippen molar-refractivity contribution in [3.63, 3.8) is 0 Å². The van der Waals surface area contributed by atoms with Gasteiger partial charge >= 0.3 is 0 Å². The van der Waals surface area contributed by atoms with Crippen LogP contribution < -0.4 is 10.6 Å². The third-order valence-electron chi connectivity index (χ3n) is 6.19. The third-order valence-corrected chi connectivity index (χ3v) is 6.19. The van der Waals surface area contributed by atoms with E-state index in [0.29, 0.717) is 17.9 Å². The highest BCUT2D eigenvalue weighted by molar-refractivity contribution is 14.0. The number of carbonyl (C=O) groups is 1. The van der Waals surface area contributed by atoms with Crippen molar-refractivity contribution in [2.45, 2.75) is 63.8 Å². The summed E-state index contributed by atoms with van der Waals surface area (Å²) in [6.45, 7) is 6.18. The maximum atomic E-state index is 12.6. The molecule has 7 heteroatoms. The van der Waals surface area contributed by atoms with Gasteiger partial charge in [-0.1, -0.05) is 25.7 Å². The van der Waals surface area contributed by atoms with Crippen molar-refractivity contribution < 1.29 is 4.79 Å². The number of carbonyl (C=O) groups excluding carboxylic acids is 1. The highest BCUT2D eigenvalue weighted by atomic mass is 127. The lowest BCUT2D eigenvalue weighted by molar-refractivity contribution is -0.134. The van der Waals surface area contributed by atoms with E-state index in [1.165, 1.54) is 51.6 Å². The average molecular weight is 491 g/mol. The van der Waals surface area contributed by atoms with Gasteiger partial charge in [0.1, 0.15) is 0 Å². The van der Waals surface area contributed by atoms with E-state index in [1.54, 1.807) is 0 Å². The number of nitrogens with zero attached hydrogens (tertiary/aromatic N) is 3. The highest BCUT2D eigenvalue weighted by Gasteiger charge is 2.32. The zero-order valence-electron chi connectivity index (χ0n) is 16.9. The van der Waals surface area contributed by atoms with Gasteiger partial charge in [0.15, 0.2) is 5.96 Å². The van der Waals surface area contributed by atoms with Crippen LogP contribution in [0.2, 0.25) is 0 Å². The van der Waals surface area contributed by atoms with Crippen LogP contribution in [0.3, 0.4) is 0 Å². The lowest BCUT2D eigenvalue weighted by atomic mass is 10.1. The fourth-order valence-corrected chi connectivity index (χ4v) is 4.59. The van der Waals surface area contributed by atoms with Crippen LogP contribution >= 0.6 is 24.0 Å². The van der Waals surface area contributed by atoms with Crippen molar-refractivity contribution >= 4 is 35.8 Å². The van der Waals surface area contributed by atoms with Crippen LogP contribution in [0.4, 0.5) is 0 Å². The molecule has 3 fully saturated rings. The summed E-state index contributed by atoms with van der Waals surface area (Å²) >= 11 is 0. The smallest absolute Gasteiger partial charge is 0.225 e. The van der Waals surface area contributed by atoms with Gasteiger partial charge in [-0.2, -0.15) is 0 Å². The first-order chi connectivity index (χ1) is 12.8. The molecular formula is C20H38IN5O. The van der Waals surface area contributed by atoms with Crippen molar-refractivity contribution in [2.75, 3.05) is 46.3 Å². The van der Waals surface area contributed by atoms with Gasteiger partial charge in [0, 0.05) is 45.2 Å². The summed E-state index contributed by atoms with van der Waals surface area (Å²) < 4.78 is 0. The van der Waals surface area contributed by atoms with Crippen LogP contribution in [0, 0.1) is 5.92 Å². The Hall–Kier alpha value is -0.570. The first-order valence-electron chi connectivity index (χ1n) is 10.7. The van der Waals surface area contributed by atoms with Crippen molar-refractivity contribution in [1.29, 1.82) is 0 Å². The van der Waals surface area contributed by atoms with Crippen LogP contribution in [0.5, 0.6) is 0 Å². The molecule has 1 aliphatic carbocycles. The maximum absolute atomic E-state index is 12.6. The number of amides is 1. The van der Waals surface area contributed by atoms with Gasteiger partial charge in [-0.05, 0) is 45.2 Å². The fraction of sp³-hybridized carbons (Fsp3) is 0.900. The highest BCUT2D eigenvalue weighted by Crippen LogP contribution is 2.27. The number of hydrogen-bond acceptors (Lipinski definition) is 3. The molecule has 0 aromatic rings. The molecule has 1 atom stereocenters. The minimum Gasteiger partial charge on any atom is -0.355 e. The molecule has 2 N–H and O–H groups in total. The second kappa shape index (κ2) is 12.1. The molecular weight excluding hydrogens is 453 g/mol. The van der Waals surface area contributed by atoms with Crippen molar-refractivity contribution in [1.82, 2.24) is 20.4 Å². The summed E-state index contributed by atoms with van der Waals surface area (Å²) in [4.78, 5) is 21.6. The van der Waals surface area contributed by atoms with Gasteiger partial charge in [0.2, 0.25) is 5.91 Å². The summed E-state index contributed by atoms with van der Waals surface area (Å²) in [7, 11) is 1.83. The van der Waals surface area contributed by atoms with E-state index < -0.39 is 0 Å². The predicted molar refractivity (Wildman–Crippen MR) is 122 cm³/mol. The van der Waals surface area contributed by atoms with E-state index in [4.69, 9.17) is 0 Å². The van der Waals surface area contributed by atoms with E-state index in [9.17, 15) is 4.79 Å². The number of likely N-dealkylation sites (tertiary alicyclic amines) is 2. The zero-order chi connectivity index (χ0) is 18.2. The summed E-state index contributed by atoms with van der Waals surface area (Å²) in [6, 6.07) is 0.324. The third kappa shape index (κ3) is 7.07. The summed E-state index contributed by atoms with van der Waals surface area (Å²) in [5.74, 6) is 1.55. The van der Waals surface area contributed by atoms with Crippen LogP contribution in [0.1, 0.15) is 57.8 Å². The molecule has 2 heterocycles. The zero-order valence-corrected chi connectivity index (χ0v) is 19.2. The van der Waals surface area contributed by atoms with Gasteiger partial charge in [-0.3, -0.25) is 9.79 Å². The first kappa shape index (κ1) is 22.7. The number of rotatable bonds is 5. The minimum absolute atomic E-state index is 0. The molecule has 1 amide bonds. The molecule has 0 radical (unpaired) electrons. The molecule has 27 heavy (non-hydrogen) atoms. The molecule has 0 bridgehead atoms. The molecule has 0 aromatic heterocycles. The van der Waals surface area contributed by atoms with Gasteiger partial charge < -0.3 is 20.4 Å². The van der Waals surface area contributed by atoms with Gasteiger partial charge in [0.25, 0.3) is 0 Å². The van der Waals surface area contributed by atoms with E-state index in [-0.39, 0.29) is 24.0 Å². The maximum Gasteiger partial charge on any atom is 0.225 e. The Labute approximate surface area is 181 Å². The Kier molecular flexibility index (Phi) is 10.2. The molecule has 2 saturated heterocycles. The van der Waals surface area contributed by atoms with E-state index in [2.05, 4.69) is 25.4 Å². The average Bonchev–Trinajstić information content (AvgIpc) is 3.29. The molecule has 3 rings (SSSR count). The lowest BCUT2D eigenvalue weighted by Gasteiger charge is -2.23. The molecule has 3 aliphatic rings. The Morgan fingerprint density at radius 2 is 1.70 bits per heavy atom. The van der Waals surface area contributed by atoms with Gasteiger partial charge in [0.05, 0.1) is 0 Å². The summed E-state index contributed by atoms with van der Waals surface area (Å²) in [6.07, 6.45) is 11.1. The Morgan fingerprint density at radius 1 is 1.00 bits per heavy atom. The predicted octanol–water partition coefficient (Wildman–Crippen LogP) is 2.44. The number of halogens is 1. The van der Waals surface area contributed by atoms with Crippen LogP contribution in [-0.2, 0) is 4.79 Å². The minimum atomic E-state index is 0. The van der Waals surface area contributed by atoms with Crippen LogP contribution in [-0.4, -0.2) is 74.0 Å². The number of guanidine groups is 1. The molecule has 1 saturated carbocycles. The molecule has 1 unspecified atom stereocenters. The van der Waals surface area contributed by atoms with Crippen molar-refractivity contribution in [3.8, 4) is 0 Å². The number of nitrogens with one attached hydrogen (secondary N) is 2. The quantitative estimate of drug-likeness (QED) is 0.353. The SMILES string of the molecule is CN=C(NCCN1CCCCCC1)NC1CCN(C(=O)C2CCCC2)C1.I. The molecule has 156 valence electrons. The first-order valence-corrected chi connectivity index (χ1v) is 10.7. The molecule has 6 nitrogen and oxygen atoms in total. The molecule has 2 aliphatic heterocycles. The Balaban J connectivity index is 0.00000261. The monoisotopic (exact) mass is 491 g/mol. The second-order valence-corrected chi connectivity index (χ2v) is 8.15.